The molecule has 0 radical (unpaired) electrons. The maximum Gasteiger partial charge on any atom is 0.225 e. The van der Waals surface area contributed by atoms with Gasteiger partial charge in [0.2, 0.25) is 11.7 Å². The lowest BCUT2D eigenvalue weighted by atomic mass is 9.99. The molecule has 1 aromatic carbocycles. The van der Waals surface area contributed by atoms with Gasteiger partial charge in [-0.3, -0.25) is 4.98 Å². The molecule has 2 aromatic heterocycles. The summed E-state index contributed by atoms with van der Waals surface area (Å²) in [6.07, 6.45) is 8.74. The van der Waals surface area contributed by atoms with Crippen LogP contribution in [0.1, 0.15) is 18.4 Å². The average molecular weight is 360 g/mol. The van der Waals surface area contributed by atoms with Gasteiger partial charge in [0.05, 0.1) is 6.61 Å². The zero-order chi connectivity index (χ0) is 18.1. The van der Waals surface area contributed by atoms with Gasteiger partial charge in [0, 0.05) is 56.3 Å². The Morgan fingerprint density at radius 3 is 2.44 bits per heavy atom. The van der Waals surface area contributed by atoms with Crippen molar-refractivity contribution in [2.75, 3.05) is 18.0 Å². The molecule has 0 aliphatic carbocycles. The third kappa shape index (κ3) is 3.13. The minimum atomic E-state index is -0.545. The number of hydrogen-bond acceptors (Lipinski definition) is 6. The van der Waals surface area contributed by atoms with Crippen LogP contribution in [-0.4, -0.2) is 33.8 Å². The summed E-state index contributed by atoms with van der Waals surface area (Å²) in [6.45, 7) is 2.19. The van der Waals surface area contributed by atoms with E-state index in [9.17, 15) is 0 Å². The number of benzene rings is 1. The first-order valence-electron chi connectivity index (χ1n) is 9.20. The van der Waals surface area contributed by atoms with Gasteiger partial charge in [0.1, 0.15) is 5.75 Å². The van der Waals surface area contributed by atoms with Gasteiger partial charge < -0.3 is 14.4 Å². The van der Waals surface area contributed by atoms with Crippen molar-refractivity contribution >= 4 is 5.95 Å². The molecule has 0 N–H and O–H groups in total. The number of pyridine rings is 1. The van der Waals surface area contributed by atoms with Gasteiger partial charge in [0.15, 0.2) is 0 Å². The third-order valence-corrected chi connectivity index (χ3v) is 5.22. The van der Waals surface area contributed by atoms with Gasteiger partial charge >= 0.3 is 0 Å². The van der Waals surface area contributed by atoms with Gasteiger partial charge in [0.25, 0.3) is 0 Å². The molecule has 2 aliphatic rings. The van der Waals surface area contributed by atoms with Crippen LogP contribution in [-0.2, 0) is 11.3 Å². The predicted octanol–water partition coefficient (Wildman–Crippen LogP) is 3.44. The molecule has 4 heterocycles. The molecular formula is C21H20N4O2. The summed E-state index contributed by atoms with van der Waals surface area (Å²) >= 11 is 0. The van der Waals surface area contributed by atoms with E-state index in [2.05, 4.69) is 38.1 Å². The summed E-state index contributed by atoms with van der Waals surface area (Å²) in [5, 5.41) is 0. The number of piperidine rings is 1. The molecule has 1 saturated heterocycles. The highest BCUT2D eigenvalue weighted by molar-refractivity contribution is 5.65. The van der Waals surface area contributed by atoms with Crippen LogP contribution in [0.2, 0.25) is 0 Å². The Morgan fingerprint density at radius 1 is 0.889 bits per heavy atom. The fraction of sp³-hybridized carbons (Fsp3) is 0.286. The predicted molar refractivity (Wildman–Crippen MR) is 101 cm³/mol. The first-order valence-corrected chi connectivity index (χ1v) is 9.20. The molecular weight excluding hydrogens is 340 g/mol. The number of aromatic nitrogens is 3. The normalized spacial score (nSPS) is 18.0. The minimum absolute atomic E-state index is 0.545. The Bertz CT molecular complexity index is 925. The van der Waals surface area contributed by atoms with Crippen LogP contribution in [0.15, 0.2) is 61.2 Å². The van der Waals surface area contributed by atoms with Crippen molar-refractivity contribution < 1.29 is 9.47 Å². The lowest BCUT2D eigenvalue weighted by molar-refractivity contribution is -0.216. The van der Waals surface area contributed by atoms with Gasteiger partial charge in [-0.2, -0.15) is 0 Å². The van der Waals surface area contributed by atoms with Crippen LogP contribution in [0.25, 0.3) is 11.1 Å². The van der Waals surface area contributed by atoms with E-state index in [-0.39, 0.29) is 0 Å². The minimum Gasteiger partial charge on any atom is -0.462 e. The Labute approximate surface area is 157 Å². The Hall–Kier alpha value is -2.99. The molecule has 2 aliphatic heterocycles. The molecule has 3 aromatic rings. The number of hydrogen-bond donors (Lipinski definition) is 0. The molecule has 0 amide bonds. The molecule has 6 heteroatoms. The van der Waals surface area contributed by atoms with E-state index in [0.29, 0.717) is 6.61 Å². The highest BCUT2D eigenvalue weighted by Crippen LogP contribution is 2.39. The molecule has 27 heavy (non-hydrogen) atoms. The second kappa shape index (κ2) is 6.63. The largest absolute Gasteiger partial charge is 0.462 e. The summed E-state index contributed by atoms with van der Waals surface area (Å²) in [4.78, 5) is 14.9. The summed E-state index contributed by atoms with van der Waals surface area (Å²) in [5.41, 5.74) is 3.38. The molecule has 1 fully saturated rings. The second-order valence-electron chi connectivity index (χ2n) is 6.90. The van der Waals surface area contributed by atoms with Crippen molar-refractivity contribution in [3.8, 4) is 16.9 Å². The maximum atomic E-state index is 6.33. The monoisotopic (exact) mass is 360 g/mol. The molecule has 0 saturated carbocycles. The van der Waals surface area contributed by atoms with Gasteiger partial charge in [-0.05, 0) is 41.5 Å². The number of nitrogens with zero attached hydrogens (tertiary/aromatic N) is 4. The molecule has 1 spiro atoms. The number of anilines is 1. The topological polar surface area (TPSA) is 60.4 Å². The second-order valence-corrected chi connectivity index (χ2v) is 6.90. The van der Waals surface area contributed by atoms with Crippen molar-refractivity contribution in [2.45, 2.75) is 25.2 Å². The lowest BCUT2D eigenvalue weighted by Crippen LogP contribution is -2.51. The van der Waals surface area contributed by atoms with Gasteiger partial charge in [-0.25, -0.2) is 9.97 Å². The van der Waals surface area contributed by atoms with E-state index in [1.54, 1.807) is 24.8 Å². The van der Waals surface area contributed by atoms with E-state index in [1.807, 2.05) is 18.2 Å². The summed E-state index contributed by atoms with van der Waals surface area (Å²) in [6, 6.07) is 12.1. The van der Waals surface area contributed by atoms with E-state index in [1.165, 1.54) is 0 Å². The van der Waals surface area contributed by atoms with Crippen molar-refractivity contribution in [3.63, 3.8) is 0 Å². The Balaban J connectivity index is 1.32. The van der Waals surface area contributed by atoms with E-state index >= 15 is 0 Å². The summed E-state index contributed by atoms with van der Waals surface area (Å²) in [7, 11) is 0. The molecule has 0 unspecified atom stereocenters. The first kappa shape index (κ1) is 16.2. The van der Waals surface area contributed by atoms with Crippen LogP contribution >= 0.6 is 0 Å². The first-order chi connectivity index (χ1) is 13.3. The van der Waals surface area contributed by atoms with E-state index in [4.69, 9.17) is 9.47 Å². The SMILES string of the molecule is c1cnc(N2CCC3(CC2)OCc2cc(-c4ccncc4)ccc2O3)nc1. The molecule has 0 atom stereocenters. The zero-order valence-corrected chi connectivity index (χ0v) is 14.9. The van der Waals surface area contributed by atoms with Crippen LogP contribution in [0.5, 0.6) is 5.75 Å². The van der Waals surface area contributed by atoms with Crippen molar-refractivity contribution in [1.82, 2.24) is 15.0 Å². The van der Waals surface area contributed by atoms with Crippen LogP contribution in [0.4, 0.5) is 5.95 Å². The van der Waals surface area contributed by atoms with Crippen LogP contribution in [0.3, 0.4) is 0 Å². The quantitative estimate of drug-likeness (QED) is 0.698. The summed E-state index contributed by atoms with van der Waals surface area (Å²) in [5.74, 6) is 1.14. The molecule has 5 rings (SSSR count). The summed E-state index contributed by atoms with van der Waals surface area (Å²) < 4.78 is 12.5. The Kier molecular flexibility index (Phi) is 3.98. The number of rotatable bonds is 2. The average Bonchev–Trinajstić information content (AvgIpc) is 2.75. The van der Waals surface area contributed by atoms with Gasteiger partial charge in [-0.15, -0.1) is 0 Å². The molecule has 0 bridgehead atoms. The van der Waals surface area contributed by atoms with Crippen LogP contribution in [0, 0.1) is 0 Å². The molecule has 136 valence electrons. The highest BCUT2D eigenvalue weighted by atomic mass is 16.7. The third-order valence-electron chi connectivity index (χ3n) is 5.22. The van der Waals surface area contributed by atoms with Crippen molar-refractivity contribution in [1.29, 1.82) is 0 Å². The maximum absolute atomic E-state index is 6.33. The van der Waals surface area contributed by atoms with Crippen molar-refractivity contribution in [3.05, 3.63) is 66.7 Å². The number of ether oxygens (including phenoxy) is 2. The van der Waals surface area contributed by atoms with Crippen LogP contribution < -0.4 is 9.64 Å². The smallest absolute Gasteiger partial charge is 0.225 e. The van der Waals surface area contributed by atoms with Gasteiger partial charge in [-0.1, -0.05) is 6.07 Å². The van der Waals surface area contributed by atoms with Crippen molar-refractivity contribution in [2.24, 2.45) is 0 Å². The molecule has 6 nitrogen and oxygen atoms in total. The fourth-order valence-corrected chi connectivity index (χ4v) is 3.70. The fourth-order valence-electron chi connectivity index (χ4n) is 3.70. The number of fused-ring (bicyclic) bond motifs is 1. The highest BCUT2D eigenvalue weighted by Gasteiger charge is 2.41. The standard InChI is InChI=1S/C21H20N4O2/c1-8-23-20(24-9-1)25-12-6-21(7-13-25)26-15-18-14-17(2-3-19(18)27-21)16-4-10-22-11-5-16/h1-5,8-11,14H,6-7,12-13,15H2. The lowest BCUT2D eigenvalue weighted by Gasteiger charge is -2.44. The zero-order valence-electron chi connectivity index (χ0n) is 14.9. The van der Waals surface area contributed by atoms with E-state index < -0.39 is 5.79 Å². The van der Waals surface area contributed by atoms with E-state index in [0.717, 1.165) is 54.3 Å². The Morgan fingerprint density at radius 2 is 1.67 bits per heavy atom.